The lowest BCUT2D eigenvalue weighted by Crippen LogP contribution is -2.48. The third-order valence-corrected chi connectivity index (χ3v) is 5.98. The maximum atomic E-state index is 13.2. The number of nitrogens with one attached hydrogen (secondary N) is 1. The van der Waals surface area contributed by atoms with Crippen LogP contribution in [0.15, 0.2) is 29.1 Å². The summed E-state index contributed by atoms with van der Waals surface area (Å²) in [6.07, 6.45) is 3.40. The van der Waals surface area contributed by atoms with Crippen LogP contribution >= 0.6 is 0 Å². The van der Waals surface area contributed by atoms with Crippen molar-refractivity contribution in [3.05, 3.63) is 51.4 Å². The molecule has 1 spiro atoms. The van der Waals surface area contributed by atoms with Crippen molar-refractivity contribution >= 4 is 11.9 Å². The maximum Gasteiger partial charge on any atom is 0.257 e. The number of benzene rings is 1. The minimum absolute atomic E-state index is 0.0253. The van der Waals surface area contributed by atoms with Gasteiger partial charge < -0.3 is 14.5 Å². The first-order chi connectivity index (χ1) is 13.4. The van der Waals surface area contributed by atoms with E-state index in [1.165, 1.54) is 0 Å². The molecule has 2 aliphatic rings. The summed E-state index contributed by atoms with van der Waals surface area (Å²) in [7, 11) is 5.31. The van der Waals surface area contributed by atoms with Gasteiger partial charge >= 0.3 is 0 Å². The minimum atomic E-state index is -0.246. The van der Waals surface area contributed by atoms with Crippen LogP contribution in [-0.4, -0.2) is 55.1 Å². The Kier molecular flexibility index (Phi) is 4.61. The van der Waals surface area contributed by atoms with Gasteiger partial charge in [0.1, 0.15) is 5.75 Å². The maximum absolute atomic E-state index is 13.2. The number of aromatic amines is 1. The second-order valence-corrected chi connectivity index (χ2v) is 7.92. The predicted molar refractivity (Wildman–Crippen MR) is 107 cm³/mol. The van der Waals surface area contributed by atoms with Crippen LogP contribution in [0.2, 0.25) is 0 Å². The van der Waals surface area contributed by atoms with Crippen LogP contribution in [0, 0.1) is 0 Å². The number of hydrogen-bond donors (Lipinski definition) is 1. The molecule has 1 fully saturated rings. The fraction of sp³-hybridized carbons (Fsp3) is 0.476. The first-order valence-electron chi connectivity index (χ1n) is 9.68. The molecule has 0 radical (unpaired) electrons. The Balaban J connectivity index is 1.69. The van der Waals surface area contributed by atoms with E-state index in [4.69, 9.17) is 9.72 Å². The Labute approximate surface area is 164 Å². The van der Waals surface area contributed by atoms with Crippen LogP contribution in [0.4, 0.5) is 5.95 Å². The van der Waals surface area contributed by atoms with E-state index in [9.17, 15) is 9.59 Å². The molecule has 7 nitrogen and oxygen atoms in total. The number of ether oxygens (including phenoxy) is 1. The van der Waals surface area contributed by atoms with Crippen LogP contribution in [-0.2, 0) is 11.8 Å². The highest BCUT2D eigenvalue weighted by molar-refractivity contribution is 5.97. The number of H-pyrrole nitrogens is 1. The summed E-state index contributed by atoms with van der Waals surface area (Å²) in [4.78, 5) is 37.2. The molecule has 1 aliphatic heterocycles. The van der Waals surface area contributed by atoms with Gasteiger partial charge in [0.15, 0.2) is 0 Å². The molecule has 28 heavy (non-hydrogen) atoms. The summed E-state index contributed by atoms with van der Waals surface area (Å²) in [5.74, 6) is 1.13. The van der Waals surface area contributed by atoms with Crippen molar-refractivity contribution in [2.24, 2.45) is 0 Å². The Morgan fingerprint density at radius 3 is 2.82 bits per heavy atom. The molecule has 1 amide bonds. The number of likely N-dealkylation sites (tertiary alicyclic amines) is 1. The Bertz CT molecular complexity index is 968. The van der Waals surface area contributed by atoms with Gasteiger partial charge in [-0.2, -0.15) is 0 Å². The first-order valence-corrected chi connectivity index (χ1v) is 9.68. The molecule has 2 aromatic rings. The normalized spacial score (nSPS) is 20.9. The molecule has 1 aliphatic carbocycles. The van der Waals surface area contributed by atoms with Crippen molar-refractivity contribution in [2.75, 3.05) is 39.2 Å². The molecular formula is C21H26N4O3. The van der Waals surface area contributed by atoms with Gasteiger partial charge in [0, 0.05) is 38.2 Å². The second kappa shape index (κ2) is 6.96. The van der Waals surface area contributed by atoms with Gasteiger partial charge in [0.25, 0.3) is 11.5 Å². The van der Waals surface area contributed by atoms with E-state index in [0.717, 1.165) is 30.5 Å². The fourth-order valence-electron chi connectivity index (χ4n) is 4.55. The van der Waals surface area contributed by atoms with Gasteiger partial charge in [-0.25, -0.2) is 4.98 Å². The number of carbonyl (C=O) groups excluding carboxylic acids is 1. The Morgan fingerprint density at radius 2 is 2.07 bits per heavy atom. The highest BCUT2D eigenvalue weighted by Gasteiger charge is 2.46. The average Bonchev–Trinajstić information content (AvgIpc) is 3.05. The van der Waals surface area contributed by atoms with Gasteiger partial charge in [-0.3, -0.25) is 14.6 Å². The Hall–Kier alpha value is -2.83. The van der Waals surface area contributed by atoms with Crippen molar-refractivity contribution in [1.29, 1.82) is 0 Å². The molecule has 1 aromatic heterocycles. The molecule has 7 heteroatoms. The van der Waals surface area contributed by atoms with E-state index in [2.05, 4.69) is 4.98 Å². The predicted octanol–water partition coefficient (Wildman–Crippen LogP) is 1.96. The standard InChI is InChI=1S/C21H26N4O3/c1-24(2)20-22-17-15(18(26)23-20)9-11-21(17)10-6-12-25(13-21)19(27)14-7-4-5-8-16(14)28-3/h4-5,7-8H,6,9-13H2,1-3H3,(H,22,23,26). The average molecular weight is 382 g/mol. The van der Waals surface area contributed by atoms with Crippen LogP contribution in [0.1, 0.15) is 40.9 Å². The van der Waals surface area contributed by atoms with E-state index in [0.29, 0.717) is 36.8 Å². The zero-order valence-corrected chi connectivity index (χ0v) is 16.6. The zero-order valence-electron chi connectivity index (χ0n) is 16.6. The number of methoxy groups -OCH3 is 1. The second-order valence-electron chi connectivity index (χ2n) is 7.92. The highest BCUT2D eigenvalue weighted by Crippen LogP contribution is 2.43. The van der Waals surface area contributed by atoms with Gasteiger partial charge in [-0.15, -0.1) is 0 Å². The number of anilines is 1. The van der Waals surface area contributed by atoms with Crippen molar-refractivity contribution in [3.8, 4) is 5.75 Å². The van der Waals surface area contributed by atoms with Crippen molar-refractivity contribution in [1.82, 2.24) is 14.9 Å². The molecule has 1 unspecified atom stereocenters. The number of hydrogen-bond acceptors (Lipinski definition) is 5. The summed E-state index contributed by atoms with van der Waals surface area (Å²) in [6.45, 7) is 1.29. The van der Waals surface area contributed by atoms with Crippen LogP contribution < -0.4 is 15.2 Å². The van der Waals surface area contributed by atoms with Crippen LogP contribution in [0.25, 0.3) is 0 Å². The molecule has 1 atom stereocenters. The van der Waals surface area contributed by atoms with E-state index in [1.807, 2.05) is 42.1 Å². The largest absolute Gasteiger partial charge is 0.496 e. The van der Waals surface area contributed by atoms with Crippen LogP contribution in [0.5, 0.6) is 5.75 Å². The van der Waals surface area contributed by atoms with Crippen molar-refractivity contribution < 1.29 is 9.53 Å². The number of carbonyl (C=O) groups is 1. The number of nitrogens with zero attached hydrogens (tertiary/aromatic N) is 3. The number of fused-ring (bicyclic) bond motifs is 2. The van der Waals surface area contributed by atoms with Gasteiger partial charge in [-0.05, 0) is 37.8 Å². The summed E-state index contributed by atoms with van der Waals surface area (Å²) < 4.78 is 5.38. The molecule has 1 N–H and O–H groups in total. The van der Waals surface area contributed by atoms with E-state index >= 15 is 0 Å². The quantitative estimate of drug-likeness (QED) is 0.878. The summed E-state index contributed by atoms with van der Waals surface area (Å²) >= 11 is 0. The van der Waals surface area contributed by atoms with E-state index in [1.54, 1.807) is 13.2 Å². The van der Waals surface area contributed by atoms with E-state index in [-0.39, 0.29) is 16.9 Å². The SMILES string of the molecule is COc1ccccc1C(=O)N1CCCC2(CCc3c2nc(N(C)C)[nH]c3=O)C1. The van der Waals surface area contributed by atoms with Gasteiger partial charge in [-0.1, -0.05) is 12.1 Å². The van der Waals surface area contributed by atoms with Crippen molar-refractivity contribution in [3.63, 3.8) is 0 Å². The number of aromatic nitrogens is 2. The molecule has 1 aromatic carbocycles. The monoisotopic (exact) mass is 382 g/mol. The lowest BCUT2D eigenvalue weighted by atomic mass is 9.77. The molecular weight excluding hydrogens is 356 g/mol. The summed E-state index contributed by atoms with van der Waals surface area (Å²) in [6, 6.07) is 7.32. The van der Waals surface area contributed by atoms with Crippen LogP contribution in [0.3, 0.4) is 0 Å². The number of amides is 1. The lowest BCUT2D eigenvalue weighted by Gasteiger charge is -2.40. The zero-order chi connectivity index (χ0) is 19.9. The van der Waals surface area contributed by atoms with E-state index < -0.39 is 0 Å². The lowest BCUT2D eigenvalue weighted by molar-refractivity contribution is 0.0630. The Morgan fingerprint density at radius 1 is 1.29 bits per heavy atom. The number of rotatable bonds is 3. The minimum Gasteiger partial charge on any atom is -0.496 e. The number of para-hydroxylation sites is 1. The third-order valence-electron chi connectivity index (χ3n) is 5.98. The number of piperidine rings is 1. The molecule has 0 bridgehead atoms. The van der Waals surface area contributed by atoms with Crippen molar-refractivity contribution in [2.45, 2.75) is 31.1 Å². The molecule has 1 saturated heterocycles. The smallest absolute Gasteiger partial charge is 0.257 e. The fourth-order valence-corrected chi connectivity index (χ4v) is 4.55. The van der Waals surface area contributed by atoms with Gasteiger partial charge in [0.2, 0.25) is 5.95 Å². The highest BCUT2D eigenvalue weighted by atomic mass is 16.5. The van der Waals surface area contributed by atoms with Gasteiger partial charge in [0.05, 0.1) is 18.4 Å². The summed E-state index contributed by atoms with van der Waals surface area (Å²) in [5.41, 5.74) is 1.92. The first kappa shape index (κ1) is 18.5. The third kappa shape index (κ3) is 2.95. The topological polar surface area (TPSA) is 78.5 Å². The molecule has 2 heterocycles. The molecule has 4 rings (SSSR count). The summed E-state index contributed by atoms with van der Waals surface area (Å²) in [5, 5.41) is 0. The molecule has 148 valence electrons. The molecule has 0 saturated carbocycles.